The molecule has 100 valence electrons. The maximum atomic E-state index is 11.4. The molecule has 1 amide bonds. The van der Waals surface area contributed by atoms with Crippen LogP contribution in [-0.4, -0.2) is 19.0 Å². The zero-order valence-electron chi connectivity index (χ0n) is 10.6. The van der Waals surface area contributed by atoms with Gasteiger partial charge in [0.15, 0.2) is 0 Å². The van der Waals surface area contributed by atoms with Gasteiger partial charge in [-0.05, 0) is 17.7 Å². The highest BCUT2D eigenvalue weighted by Gasteiger charge is 2.26. The van der Waals surface area contributed by atoms with E-state index in [1.165, 1.54) is 0 Å². The average Bonchev–Trinajstić information content (AvgIpc) is 2.26. The van der Waals surface area contributed by atoms with Crippen LogP contribution in [0.2, 0.25) is 10.0 Å². The van der Waals surface area contributed by atoms with E-state index in [0.29, 0.717) is 29.6 Å². The molecule has 5 heteroatoms. The van der Waals surface area contributed by atoms with Gasteiger partial charge in [-0.25, -0.2) is 0 Å². The standard InChI is InChI=1S/C13H18Cl2N2O/c1-13(2,8-17-11(18)6-7-16)12-9(14)4-3-5-10(12)15/h3-5H,6-8,16H2,1-2H3,(H,17,18). The summed E-state index contributed by atoms with van der Waals surface area (Å²) in [7, 11) is 0. The first kappa shape index (κ1) is 15.3. The number of hydrogen-bond acceptors (Lipinski definition) is 2. The highest BCUT2D eigenvalue weighted by molar-refractivity contribution is 6.36. The summed E-state index contributed by atoms with van der Waals surface area (Å²) in [6, 6.07) is 5.40. The van der Waals surface area contributed by atoms with Gasteiger partial charge < -0.3 is 11.1 Å². The van der Waals surface area contributed by atoms with Crippen LogP contribution < -0.4 is 11.1 Å². The van der Waals surface area contributed by atoms with Gasteiger partial charge in [0.2, 0.25) is 5.91 Å². The quantitative estimate of drug-likeness (QED) is 0.875. The molecule has 0 saturated heterocycles. The van der Waals surface area contributed by atoms with Crippen molar-refractivity contribution in [3.63, 3.8) is 0 Å². The maximum Gasteiger partial charge on any atom is 0.221 e. The molecule has 0 aromatic heterocycles. The van der Waals surface area contributed by atoms with Crippen LogP contribution >= 0.6 is 23.2 Å². The smallest absolute Gasteiger partial charge is 0.221 e. The van der Waals surface area contributed by atoms with Crippen molar-refractivity contribution in [2.75, 3.05) is 13.1 Å². The van der Waals surface area contributed by atoms with E-state index in [9.17, 15) is 4.79 Å². The number of nitrogens with one attached hydrogen (secondary N) is 1. The number of carbonyl (C=O) groups excluding carboxylic acids is 1. The number of nitrogens with two attached hydrogens (primary N) is 1. The molecule has 18 heavy (non-hydrogen) atoms. The molecule has 0 saturated carbocycles. The van der Waals surface area contributed by atoms with Gasteiger partial charge in [0.25, 0.3) is 0 Å². The topological polar surface area (TPSA) is 55.1 Å². The highest BCUT2D eigenvalue weighted by atomic mass is 35.5. The summed E-state index contributed by atoms with van der Waals surface area (Å²) in [4.78, 5) is 11.4. The van der Waals surface area contributed by atoms with Gasteiger partial charge >= 0.3 is 0 Å². The number of carbonyl (C=O) groups is 1. The number of amides is 1. The average molecular weight is 289 g/mol. The number of rotatable bonds is 5. The molecule has 0 aliphatic heterocycles. The number of hydrogen-bond donors (Lipinski definition) is 2. The summed E-state index contributed by atoms with van der Waals surface area (Å²) in [5.74, 6) is -0.0613. The van der Waals surface area contributed by atoms with Crippen LogP contribution in [0.4, 0.5) is 0 Å². The Morgan fingerprint density at radius 2 is 1.89 bits per heavy atom. The predicted octanol–water partition coefficient (Wildman–Crippen LogP) is 2.74. The van der Waals surface area contributed by atoms with E-state index >= 15 is 0 Å². The lowest BCUT2D eigenvalue weighted by molar-refractivity contribution is -0.121. The molecule has 1 aromatic carbocycles. The Bertz CT molecular complexity index is 413. The lowest BCUT2D eigenvalue weighted by Crippen LogP contribution is -2.37. The van der Waals surface area contributed by atoms with Gasteiger partial charge in [0, 0.05) is 35.0 Å². The minimum atomic E-state index is -0.334. The van der Waals surface area contributed by atoms with E-state index in [-0.39, 0.29) is 11.3 Å². The van der Waals surface area contributed by atoms with Crippen molar-refractivity contribution in [1.82, 2.24) is 5.32 Å². The number of benzene rings is 1. The van der Waals surface area contributed by atoms with Gasteiger partial charge in [-0.2, -0.15) is 0 Å². The fraction of sp³-hybridized carbons (Fsp3) is 0.462. The van der Waals surface area contributed by atoms with Crippen LogP contribution in [0.25, 0.3) is 0 Å². The van der Waals surface area contributed by atoms with E-state index < -0.39 is 0 Å². The Balaban J connectivity index is 2.83. The molecule has 1 aromatic rings. The largest absolute Gasteiger partial charge is 0.355 e. The molecule has 0 spiro atoms. The van der Waals surface area contributed by atoms with Crippen LogP contribution in [-0.2, 0) is 10.2 Å². The van der Waals surface area contributed by atoms with Crippen molar-refractivity contribution < 1.29 is 4.79 Å². The molecule has 1 rings (SSSR count). The fourth-order valence-electron chi connectivity index (χ4n) is 1.77. The Hall–Kier alpha value is -0.770. The third-order valence-electron chi connectivity index (χ3n) is 2.74. The lowest BCUT2D eigenvalue weighted by atomic mass is 9.84. The first-order valence-corrected chi connectivity index (χ1v) is 6.55. The van der Waals surface area contributed by atoms with E-state index in [1.54, 1.807) is 18.2 Å². The SMILES string of the molecule is CC(C)(CNC(=O)CCN)c1c(Cl)cccc1Cl. The Morgan fingerprint density at radius 3 is 2.39 bits per heavy atom. The fourth-order valence-corrected chi connectivity index (χ4v) is 2.68. The summed E-state index contributed by atoms with van der Waals surface area (Å²) in [6.07, 6.45) is 0.326. The Kier molecular flexibility index (Phi) is 5.45. The third-order valence-corrected chi connectivity index (χ3v) is 3.37. The molecule has 3 N–H and O–H groups in total. The Labute approximate surface area is 118 Å². The van der Waals surface area contributed by atoms with Crippen LogP contribution in [0.1, 0.15) is 25.8 Å². The molecule has 0 fully saturated rings. The molecule has 0 heterocycles. The molecule has 3 nitrogen and oxygen atoms in total. The van der Waals surface area contributed by atoms with E-state index in [1.807, 2.05) is 13.8 Å². The van der Waals surface area contributed by atoms with Gasteiger partial charge in [0.05, 0.1) is 0 Å². The maximum absolute atomic E-state index is 11.4. The predicted molar refractivity (Wildman–Crippen MR) is 76.2 cm³/mol. The van der Waals surface area contributed by atoms with Crippen molar-refractivity contribution in [1.29, 1.82) is 0 Å². The zero-order chi connectivity index (χ0) is 13.8. The summed E-state index contributed by atoms with van der Waals surface area (Å²) < 4.78 is 0. The van der Waals surface area contributed by atoms with Crippen molar-refractivity contribution >= 4 is 29.1 Å². The zero-order valence-corrected chi connectivity index (χ0v) is 12.1. The van der Waals surface area contributed by atoms with Gasteiger partial charge in [-0.3, -0.25) is 4.79 Å². The monoisotopic (exact) mass is 288 g/mol. The summed E-state index contributed by atoms with van der Waals surface area (Å²) in [6.45, 7) is 4.79. The van der Waals surface area contributed by atoms with Crippen molar-refractivity contribution in [3.05, 3.63) is 33.8 Å². The molecule has 0 aliphatic carbocycles. The molecule has 0 bridgehead atoms. The van der Waals surface area contributed by atoms with Crippen LogP contribution in [0.3, 0.4) is 0 Å². The van der Waals surface area contributed by atoms with Gasteiger partial charge in [-0.1, -0.05) is 43.1 Å². The molecule has 0 aliphatic rings. The van der Waals surface area contributed by atoms with E-state index in [4.69, 9.17) is 28.9 Å². The van der Waals surface area contributed by atoms with E-state index in [2.05, 4.69) is 5.32 Å². The molecule has 0 atom stereocenters. The first-order chi connectivity index (χ1) is 8.38. The molecule has 0 radical (unpaired) electrons. The summed E-state index contributed by atoms with van der Waals surface area (Å²) in [5, 5.41) is 4.06. The van der Waals surface area contributed by atoms with Crippen LogP contribution in [0, 0.1) is 0 Å². The molecular formula is C13H18Cl2N2O. The van der Waals surface area contributed by atoms with Crippen molar-refractivity contribution in [3.8, 4) is 0 Å². The lowest BCUT2D eigenvalue weighted by Gasteiger charge is -2.27. The normalized spacial score (nSPS) is 11.4. The second-order valence-corrected chi connectivity index (χ2v) is 5.61. The second kappa shape index (κ2) is 6.41. The van der Waals surface area contributed by atoms with Gasteiger partial charge in [-0.15, -0.1) is 0 Å². The first-order valence-electron chi connectivity index (χ1n) is 5.80. The minimum Gasteiger partial charge on any atom is -0.355 e. The van der Waals surface area contributed by atoms with Crippen molar-refractivity contribution in [2.45, 2.75) is 25.7 Å². The van der Waals surface area contributed by atoms with E-state index in [0.717, 1.165) is 5.56 Å². The van der Waals surface area contributed by atoms with Crippen molar-refractivity contribution in [2.24, 2.45) is 5.73 Å². The highest BCUT2D eigenvalue weighted by Crippen LogP contribution is 2.35. The second-order valence-electron chi connectivity index (χ2n) is 4.80. The molecule has 0 unspecified atom stereocenters. The van der Waals surface area contributed by atoms with Gasteiger partial charge in [0.1, 0.15) is 0 Å². The van der Waals surface area contributed by atoms with Crippen LogP contribution in [0.15, 0.2) is 18.2 Å². The Morgan fingerprint density at radius 1 is 1.33 bits per heavy atom. The summed E-state index contributed by atoms with van der Waals surface area (Å²) in [5.41, 5.74) is 5.84. The minimum absolute atomic E-state index is 0.0613. The molecular weight excluding hydrogens is 271 g/mol. The third kappa shape index (κ3) is 3.87. The summed E-state index contributed by atoms with van der Waals surface area (Å²) >= 11 is 12.3. The number of halogens is 2. The van der Waals surface area contributed by atoms with Crippen LogP contribution in [0.5, 0.6) is 0 Å².